The monoisotopic (exact) mass is 374 g/mol. The summed E-state index contributed by atoms with van der Waals surface area (Å²) in [4.78, 5) is 4.69. The van der Waals surface area contributed by atoms with Crippen molar-refractivity contribution in [1.29, 1.82) is 5.26 Å². The summed E-state index contributed by atoms with van der Waals surface area (Å²) in [6.45, 7) is 0. The summed E-state index contributed by atoms with van der Waals surface area (Å²) in [5.74, 6) is -0.388. The summed E-state index contributed by atoms with van der Waals surface area (Å²) >= 11 is 0.973. The molecule has 0 amide bonds. The second-order valence-corrected chi connectivity index (χ2v) is 6.36. The lowest BCUT2D eigenvalue weighted by Gasteiger charge is -2.10. The molecule has 26 heavy (non-hydrogen) atoms. The van der Waals surface area contributed by atoms with Crippen LogP contribution in [0.4, 0.5) is 17.6 Å². The number of rotatable bonds is 3. The minimum atomic E-state index is -4.45. The molecule has 7 heteroatoms. The first-order chi connectivity index (χ1) is 12.4. The molecule has 3 rings (SSSR count). The molecule has 0 radical (unpaired) electrons. The van der Waals surface area contributed by atoms with Crippen molar-refractivity contribution in [3.8, 4) is 17.3 Å². The fourth-order valence-corrected chi connectivity index (χ4v) is 3.16. The SMILES string of the molecule is N#Cc1ccc(-c2ccc(F)cc2)nc1Sc1cccc(C(F)(F)F)c1. The fourth-order valence-electron chi connectivity index (χ4n) is 2.23. The molecule has 0 saturated carbocycles. The Balaban J connectivity index is 1.98. The first kappa shape index (κ1) is 18.0. The number of hydrogen-bond donors (Lipinski definition) is 0. The van der Waals surface area contributed by atoms with Gasteiger partial charge in [-0.1, -0.05) is 17.8 Å². The van der Waals surface area contributed by atoms with Crippen molar-refractivity contribution < 1.29 is 17.6 Å². The Labute approximate surface area is 151 Å². The van der Waals surface area contributed by atoms with Gasteiger partial charge in [-0.05, 0) is 54.6 Å². The molecule has 0 N–H and O–H groups in total. The van der Waals surface area contributed by atoms with Crippen molar-refractivity contribution in [1.82, 2.24) is 4.98 Å². The minimum absolute atomic E-state index is 0.248. The van der Waals surface area contributed by atoms with Gasteiger partial charge in [-0.15, -0.1) is 0 Å². The fraction of sp³-hybridized carbons (Fsp3) is 0.0526. The molecule has 0 aliphatic rings. The third kappa shape index (κ3) is 4.03. The molecule has 0 fully saturated rings. The standard InChI is InChI=1S/C19H10F4N2S/c20-15-7-4-12(5-8-15)17-9-6-13(11-24)18(25-17)26-16-3-1-2-14(10-16)19(21,22)23/h1-10H. The van der Waals surface area contributed by atoms with E-state index in [4.69, 9.17) is 0 Å². The Bertz CT molecular complexity index is 976. The van der Waals surface area contributed by atoms with Crippen LogP contribution in [0.5, 0.6) is 0 Å². The molecule has 0 spiro atoms. The van der Waals surface area contributed by atoms with E-state index in [-0.39, 0.29) is 16.4 Å². The van der Waals surface area contributed by atoms with E-state index in [2.05, 4.69) is 4.98 Å². The van der Waals surface area contributed by atoms with E-state index in [0.29, 0.717) is 16.2 Å². The van der Waals surface area contributed by atoms with Crippen LogP contribution in [0.15, 0.2) is 70.6 Å². The van der Waals surface area contributed by atoms with Crippen molar-refractivity contribution in [3.05, 3.63) is 77.6 Å². The number of benzene rings is 2. The van der Waals surface area contributed by atoms with Crippen LogP contribution in [0, 0.1) is 17.1 Å². The zero-order valence-electron chi connectivity index (χ0n) is 13.1. The average molecular weight is 374 g/mol. The Kier molecular flexibility index (Phi) is 4.96. The second kappa shape index (κ2) is 7.18. The summed E-state index contributed by atoms with van der Waals surface area (Å²) in [5.41, 5.74) is 0.620. The normalized spacial score (nSPS) is 11.2. The van der Waals surface area contributed by atoms with Gasteiger partial charge in [-0.25, -0.2) is 9.37 Å². The highest BCUT2D eigenvalue weighted by Gasteiger charge is 2.30. The molecule has 0 unspecified atom stereocenters. The van der Waals surface area contributed by atoms with Crippen LogP contribution < -0.4 is 0 Å². The van der Waals surface area contributed by atoms with Crippen molar-refractivity contribution in [2.75, 3.05) is 0 Å². The number of hydrogen-bond acceptors (Lipinski definition) is 3. The van der Waals surface area contributed by atoms with Gasteiger partial charge in [0.05, 0.1) is 16.8 Å². The third-order valence-electron chi connectivity index (χ3n) is 3.50. The summed E-state index contributed by atoms with van der Waals surface area (Å²) in [6.07, 6.45) is -4.45. The minimum Gasteiger partial charge on any atom is -0.240 e. The Morgan fingerprint density at radius 2 is 1.69 bits per heavy atom. The molecule has 130 valence electrons. The molecule has 0 bridgehead atoms. The first-order valence-electron chi connectivity index (χ1n) is 7.39. The molecule has 0 aliphatic heterocycles. The van der Waals surface area contributed by atoms with E-state index in [1.54, 1.807) is 24.3 Å². The van der Waals surface area contributed by atoms with Gasteiger partial charge in [0.25, 0.3) is 0 Å². The molecule has 1 heterocycles. The summed E-state index contributed by atoms with van der Waals surface area (Å²) in [6, 6.07) is 15.6. The Hall–Kier alpha value is -2.85. The van der Waals surface area contributed by atoms with Crippen LogP contribution in [-0.2, 0) is 6.18 Å². The van der Waals surface area contributed by atoms with Crippen LogP contribution >= 0.6 is 11.8 Å². The lowest BCUT2D eigenvalue weighted by atomic mass is 10.1. The van der Waals surface area contributed by atoms with Crippen molar-refractivity contribution >= 4 is 11.8 Å². The van der Waals surface area contributed by atoms with E-state index in [1.165, 1.54) is 24.3 Å². The highest BCUT2D eigenvalue weighted by Crippen LogP contribution is 2.35. The maximum atomic E-state index is 13.1. The summed E-state index contributed by atoms with van der Waals surface area (Å²) < 4.78 is 51.6. The predicted octanol–water partition coefficient (Wildman–Crippen LogP) is 5.93. The van der Waals surface area contributed by atoms with Crippen molar-refractivity contribution in [3.63, 3.8) is 0 Å². The van der Waals surface area contributed by atoms with E-state index < -0.39 is 11.7 Å². The largest absolute Gasteiger partial charge is 0.416 e. The summed E-state index contributed by atoms with van der Waals surface area (Å²) in [7, 11) is 0. The van der Waals surface area contributed by atoms with Crippen LogP contribution in [0.3, 0.4) is 0 Å². The quantitative estimate of drug-likeness (QED) is 0.533. The van der Waals surface area contributed by atoms with Gasteiger partial charge >= 0.3 is 6.18 Å². The average Bonchev–Trinajstić information content (AvgIpc) is 2.62. The highest BCUT2D eigenvalue weighted by atomic mass is 32.2. The second-order valence-electron chi connectivity index (χ2n) is 5.30. The lowest BCUT2D eigenvalue weighted by Crippen LogP contribution is -2.04. The molecule has 2 nitrogen and oxygen atoms in total. The maximum absolute atomic E-state index is 13.1. The Morgan fingerprint density at radius 1 is 0.962 bits per heavy atom. The van der Waals surface area contributed by atoms with Gasteiger partial charge in [-0.3, -0.25) is 0 Å². The molecule has 2 aromatic carbocycles. The van der Waals surface area contributed by atoms with E-state index >= 15 is 0 Å². The molecular formula is C19H10F4N2S. The number of nitrogens with zero attached hydrogens (tertiary/aromatic N) is 2. The summed E-state index contributed by atoms with van der Waals surface area (Å²) in [5, 5.41) is 9.53. The zero-order valence-corrected chi connectivity index (χ0v) is 13.9. The van der Waals surface area contributed by atoms with E-state index in [1.807, 2.05) is 6.07 Å². The molecule has 0 saturated heterocycles. The van der Waals surface area contributed by atoms with Crippen molar-refractivity contribution in [2.45, 2.75) is 16.1 Å². The predicted molar refractivity (Wildman–Crippen MR) is 89.9 cm³/mol. The van der Waals surface area contributed by atoms with Gasteiger partial charge in [-0.2, -0.15) is 18.4 Å². The number of alkyl halides is 3. The molecule has 0 aliphatic carbocycles. The highest BCUT2D eigenvalue weighted by molar-refractivity contribution is 7.99. The van der Waals surface area contributed by atoms with Gasteiger partial charge in [0.2, 0.25) is 0 Å². The van der Waals surface area contributed by atoms with Crippen LogP contribution in [0.2, 0.25) is 0 Å². The van der Waals surface area contributed by atoms with Gasteiger partial charge in [0.1, 0.15) is 16.9 Å². The smallest absolute Gasteiger partial charge is 0.240 e. The van der Waals surface area contributed by atoms with Gasteiger partial charge in [0.15, 0.2) is 0 Å². The lowest BCUT2D eigenvalue weighted by molar-refractivity contribution is -0.137. The molecule has 0 atom stereocenters. The third-order valence-corrected chi connectivity index (χ3v) is 4.49. The number of pyridine rings is 1. The molecule has 1 aromatic heterocycles. The maximum Gasteiger partial charge on any atom is 0.416 e. The number of nitriles is 1. The van der Waals surface area contributed by atoms with Crippen LogP contribution in [-0.4, -0.2) is 4.98 Å². The van der Waals surface area contributed by atoms with E-state index in [9.17, 15) is 22.8 Å². The van der Waals surface area contributed by atoms with Crippen LogP contribution in [0.1, 0.15) is 11.1 Å². The first-order valence-corrected chi connectivity index (χ1v) is 8.20. The topological polar surface area (TPSA) is 36.7 Å². The number of halogens is 4. The van der Waals surface area contributed by atoms with E-state index in [0.717, 1.165) is 23.9 Å². The van der Waals surface area contributed by atoms with Crippen LogP contribution in [0.25, 0.3) is 11.3 Å². The molecule has 3 aromatic rings. The zero-order chi connectivity index (χ0) is 18.7. The van der Waals surface area contributed by atoms with Gasteiger partial charge in [0, 0.05) is 10.5 Å². The molecular weight excluding hydrogens is 364 g/mol. The van der Waals surface area contributed by atoms with Crippen molar-refractivity contribution in [2.24, 2.45) is 0 Å². The Morgan fingerprint density at radius 3 is 2.35 bits per heavy atom. The number of aromatic nitrogens is 1. The van der Waals surface area contributed by atoms with Gasteiger partial charge < -0.3 is 0 Å².